The number of rotatable bonds is 6. The molecule has 2 N–H and O–H groups in total. The van der Waals surface area contributed by atoms with Gasteiger partial charge in [-0.1, -0.05) is 24.6 Å². The molecule has 0 aliphatic carbocycles. The number of carbonyl (C=O) groups is 2. The molecule has 3 rings (SSSR count). The molecule has 26 heavy (non-hydrogen) atoms. The lowest BCUT2D eigenvalue weighted by atomic mass is 10.0. The fraction of sp³-hybridized carbons (Fsp3) is 0.600. The molecule has 6 heteroatoms. The number of nitrogens with zero attached hydrogens (tertiary/aromatic N) is 2. The monoisotopic (exact) mass is 358 g/mol. The highest BCUT2D eigenvalue weighted by Crippen LogP contribution is 2.21. The minimum atomic E-state index is -0.433. The molecule has 2 atom stereocenters. The fourth-order valence-corrected chi connectivity index (χ4v) is 3.86. The lowest BCUT2D eigenvalue weighted by Gasteiger charge is -2.33. The first-order valence-corrected chi connectivity index (χ1v) is 9.80. The molecule has 2 heterocycles. The van der Waals surface area contributed by atoms with E-state index in [1.54, 1.807) is 4.90 Å². The Morgan fingerprint density at radius 2 is 1.96 bits per heavy atom. The number of hydrogen-bond acceptors (Lipinski definition) is 3. The van der Waals surface area contributed by atoms with Gasteiger partial charge in [0.25, 0.3) is 0 Å². The third-order valence-electron chi connectivity index (χ3n) is 5.43. The van der Waals surface area contributed by atoms with E-state index in [1.807, 2.05) is 30.3 Å². The van der Waals surface area contributed by atoms with Crippen molar-refractivity contribution >= 4 is 17.6 Å². The molecule has 2 fully saturated rings. The molecule has 2 saturated heterocycles. The van der Waals surface area contributed by atoms with Gasteiger partial charge in [0.05, 0.1) is 0 Å². The van der Waals surface area contributed by atoms with Gasteiger partial charge >= 0.3 is 6.03 Å². The zero-order valence-electron chi connectivity index (χ0n) is 15.6. The first kappa shape index (κ1) is 18.7. The van der Waals surface area contributed by atoms with Crippen LogP contribution in [0.15, 0.2) is 30.3 Å². The van der Waals surface area contributed by atoms with Gasteiger partial charge in [-0.25, -0.2) is 4.79 Å². The van der Waals surface area contributed by atoms with E-state index in [-0.39, 0.29) is 11.9 Å². The van der Waals surface area contributed by atoms with Crippen LogP contribution in [0.5, 0.6) is 0 Å². The Hall–Kier alpha value is -2.08. The van der Waals surface area contributed by atoms with Gasteiger partial charge in [-0.2, -0.15) is 0 Å². The van der Waals surface area contributed by atoms with Gasteiger partial charge in [0.15, 0.2) is 0 Å². The summed E-state index contributed by atoms with van der Waals surface area (Å²) >= 11 is 0. The number of benzene rings is 1. The summed E-state index contributed by atoms with van der Waals surface area (Å²) in [4.78, 5) is 28.8. The number of carbonyl (C=O) groups excluding carboxylic acids is 2. The van der Waals surface area contributed by atoms with Crippen molar-refractivity contribution in [3.05, 3.63) is 30.3 Å². The lowest BCUT2D eigenvalue weighted by Crippen LogP contribution is -2.46. The Kier molecular flexibility index (Phi) is 6.50. The zero-order valence-corrected chi connectivity index (χ0v) is 15.6. The summed E-state index contributed by atoms with van der Waals surface area (Å²) in [6, 6.07) is 9.57. The van der Waals surface area contributed by atoms with Gasteiger partial charge < -0.3 is 20.4 Å². The van der Waals surface area contributed by atoms with Gasteiger partial charge in [0, 0.05) is 31.4 Å². The summed E-state index contributed by atoms with van der Waals surface area (Å²) in [6.07, 6.45) is 5.46. The van der Waals surface area contributed by atoms with E-state index in [4.69, 9.17) is 0 Å². The van der Waals surface area contributed by atoms with Gasteiger partial charge in [-0.15, -0.1) is 0 Å². The zero-order chi connectivity index (χ0) is 18.4. The minimum Gasteiger partial charge on any atom is -0.338 e. The molecule has 1 aromatic rings. The average molecular weight is 358 g/mol. The quantitative estimate of drug-likeness (QED) is 0.767. The van der Waals surface area contributed by atoms with Crippen molar-refractivity contribution in [2.24, 2.45) is 0 Å². The van der Waals surface area contributed by atoms with Gasteiger partial charge in [-0.05, 0) is 51.3 Å². The van der Waals surface area contributed by atoms with Crippen molar-refractivity contribution in [3.63, 3.8) is 0 Å². The summed E-state index contributed by atoms with van der Waals surface area (Å²) in [5.41, 5.74) is 0.887. The van der Waals surface area contributed by atoms with E-state index >= 15 is 0 Å². The molecular formula is C20H30N4O2. The smallest absolute Gasteiger partial charge is 0.315 e. The maximum absolute atomic E-state index is 12.5. The second-order valence-corrected chi connectivity index (χ2v) is 7.30. The minimum absolute atomic E-state index is 0.0338. The van der Waals surface area contributed by atoms with E-state index < -0.39 is 6.04 Å². The third kappa shape index (κ3) is 4.75. The summed E-state index contributed by atoms with van der Waals surface area (Å²) in [5, 5.41) is 5.71. The summed E-state index contributed by atoms with van der Waals surface area (Å²) < 4.78 is 0. The predicted molar refractivity (Wildman–Crippen MR) is 103 cm³/mol. The molecule has 0 bridgehead atoms. The van der Waals surface area contributed by atoms with Gasteiger partial charge in [0.1, 0.15) is 6.04 Å². The van der Waals surface area contributed by atoms with E-state index in [2.05, 4.69) is 22.5 Å². The molecular weight excluding hydrogens is 328 g/mol. The van der Waals surface area contributed by atoms with E-state index in [9.17, 15) is 9.59 Å². The highest BCUT2D eigenvalue weighted by Gasteiger charge is 2.33. The second-order valence-electron chi connectivity index (χ2n) is 7.30. The highest BCUT2D eigenvalue weighted by molar-refractivity contribution is 6.01. The average Bonchev–Trinajstić information content (AvgIpc) is 3.01. The standard InChI is InChI=1S/C20H30N4O2/c1-16-8-5-6-13-23(16)14-7-12-21-20(26)22-18-11-15-24(19(18)25)17-9-3-2-4-10-17/h2-4,9-10,16,18H,5-8,11-15H2,1H3,(H2,21,22,26). The van der Waals surface area contributed by atoms with Crippen LogP contribution in [-0.4, -0.2) is 55.1 Å². The molecule has 0 spiro atoms. The number of likely N-dealkylation sites (tertiary alicyclic amines) is 1. The topological polar surface area (TPSA) is 64.7 Å². The number of amides is 3. The molecule has 0 aromatic heterocycles. The normalized spacial score (nSPS) is 23.9. The van der Waals surface area contributed by atoms with Gasteiger partial charge in [-0.3, -0.25) is 4.79 Å². The van der Waals surface area contributed by atoms with Crippen molar-refractivity contribution in [1.29, 1.82) is 0 Å². The first-order chi connectivity index (χ1) is 12.6. The summed E-state index contributed by atoms with van der Waals surface area (Å²) in [7, 11) is 0. The molecule has 6 nitrogen and oxygen atoms in total. The number of nitrogens with one attached hydrogen (secondary N) is 2. The van der Waals surface area contributed by atoms with Crippen molar-refractivity contribution in [3.8, 4) is 0 Å². The number of piperidine rings is 1. The highest BCUT2D eigenvalue weighted by atomic mass is 16.2. The van der Waals surface area contributed by atoms with Crippen LogP contribution in [0.2, 0.25) is 0 Å². The van der Waals surface area contributed by atoms with E-state index in [1.165, 1.54) is 25.8 Å². The molecule has 2 aliphatic heterocycles. The Morgan fingerprint density at radius 1 is 1.15 bits per heavy atom. The molecule has 0 radical (unpaired) electrons. The Labute approximate surface area is 155 Å². The van der Waals surface area contributed by atoms with Crippen molar-refractivity contribution in [2.45, 2.75) is 51.1 Å². The SMILES string of the molecule is CC1CCCCN1CCCNC(=O)NC1CCN(c2ccccc2)C1=O. The maximum Gasteiger partial charge on any atom is 0.315 e. The van der Waals surface area contributed by atoms with Crippen LogP contribution in [0.4, 0.5) is 10.5 Å². The number of hydrogen-bond donors (Lipinski definition) is 2. The fourth-order valence-electron chi connectivity index (χ4n) is 3.86. The van der Waals surface area contributed by atoms with Crippen LogP contribution in [0.3, 0.4) is 0 Å². The van der Waals surface area contributed by atoms with Crippen molar-refractivity contribution in [1.82, 2.24) is 15.5 Å². The number of para-hydroxylation sites is 1. The van der Waals surface area contributed by atoms with Crippen LogP contribution >= 0.6 is 0 Å². The Bertz CT molecular complexity index is 607. The molecule has 1 aromatic carbocycles. The molecule has 3 amide bonds. The van der Waals surface area contributed by atoms with E-state index in [0.717, 1.165) is 18.7 Å². The van der Waals surface area contributed by atoms with Crippen LogP contribution in [0.1, 0.15) is 39.0 Å². The first-order valence-electron chi connectivity index (χ1n) is 9.80. The molecule has 2 aliphatic rings. The molecule has 0 saturated carbocycles. The van der Waals surface area contributed by atoms with Crippen LogP contribution in [-0.2, 0) is 4.79 Å². The second kappa shape index (κ2) is 9.03. The lowest BCUT2D eigenvalue weighted by molar-refractivity contribution is -0.118. The summed E-state index contributed by atoms with van der Waals surface area (Å²) in [5.74, 6) is -0.0338. The number of anilines is 1. The van der Waals surface area contributed by atoms with Crippen LogP contribution in [0, 0.1) is 0 Å². The predicted octanol–water partition coefficient (Wildman–Crippen LogP) is 2.36. The number of urea groups is 1. The summed E-state index contributed by atoms with van der Waals surface area (Å²) in [6.45, 7) is 5.74. The van der Waals surface area contributed by atoms with Crippen molar-refractivity contribution < 1.29 is 9.59 Å². The van der Waals surface area contributed by atoms with Gasteiger partial charge in [0.2, 0.25) is 5.91 Å². The Morgan fingerprint density at radius 3 is 2.73 bits per heavy atom. The van der Waals surface area contributed by atoms with Crippen LogP contribution < -0.4 is 15.5 Å². The maximum atomic E-state index is 12.5. The van der Waals surface area contributed by atoms with E-state index in [0.29, 0.717) is 25.6 Å². The van der Waals surface area contributed by atoms with Crippen LogP contribution in [0.25, 0.3) is 0 Å². The molecule has 2 unspecified atom stereocenters. The Balaban J connectivity index is 1.36. The van der Waals surface area contributed by atoms with Crippen molar-refractivity contribution in [2.75, 3.05) is 31.1 Å². The molecule has 142 valence electrons. The third-order valence-corrected chi connectivity index (χ3v) is 5.43. The largest absolute Gasteiger partial charge is 0.338 e.